The van der Waals surface area contributed by atoms with Crippen molar-refractivity contribution in [2.24, 2.45) is 0 Å². The molecule has 3 nitrogen and oxygen atoms in total. The molecule has 0 aliphatic carbocycles. The van der Waals surface area contributed by atoms with Gasteiger partial charge in [0, 0.05) is 11.4 Å². The maximum Gasteiger partial charge on any atom is 0.335 e. The third-order valence-corrected chi connectivity index (χ3v) is 2.89. The number of halogens is 1. The van der Waals surface area contributed by atoms with Crippen molar-refractivity contribution in [3.05, 3.63) is 64.2 Å². The first kappa shape index (κ1) is 12.5. The Morgan fingerprint density at radius 3 is 2.39 bits per heavy atom. The molecule has 18 heavy (non-hydrogen) atoms. The molecule has 0 radical (unpaired) electrons. The summed E-state index contributed by atoms with van der Waals surface area (Å²) in [6, 6.07) is 11.5. The Morgan fingerprint density at radius 1 is 1.11 bits per heavy atom. The summed E-state index contributed by atoms with van der Waals surface area (Å²) < 4.78 is 0. The smallest absolute Gasteiger partial charge is 0.335 e. The average Bonchev–Trinajstić information content (AvgIpc) is 2.34. The van der Waals surface area contributed by atoms with Crippen LogP contribution in [0.1, 0.15) is 21.5 Å². The minimum atomic E-state index is -1.01. The number of benzene rings is 2. The maximum absolute atomic E-state index is 10.9. The van der Waals surface area contributed by atoms with E-state index in [0.717, 1.165) is 5.56 Å². The fraction of sp³-hybridized carbons (Fsp3) is 0.0714. The number of hydrogen-bond acceptors (Lipinski definition) is 2. The van der Waals surface area contributed by atoms with E-state index in [1.807, 2.05) is 12.1 Å². The van der Waals surface area contributed by atoms with Gasteiger partial charge in [-0.1, -0.05) is 23.7 Å². The minimum Gasteiger partial charge on any atom is -0.508 e. The average molecular weight is 263 g/mol. The van der Waals surface area contributed by atoms with Gasteiger partial charge in [-0.05, 0) is 41.5 Å². The maximum atomic E-state index is 10.9. The number of phenolic OH excluding ortho intramolecular Hbond substituents is 1. The molecule has 0 saturated heterocycles. The summed E-state index contributed by atoms with van der Waals surface area (Å²) in [7, 11) is 0. The zero-order valence-electron chi connectivity index (χ0n) is 9.43. The van der Waals surface area contributed by atoms with Gasteiger partial charge in [0.2, 0.25) is 0 Å². The highest BCUT2D eigenvalue weighted by atomic mass is 35.5. The third-order valence-electron chi connectivity index (χ3n) is 2.63. The van der Waals surface area contributed by atoms with Gasteiger partial charge in [0.25, 0.3) is 0 Å². The fourth-order valence-electron chi connectivity index (χ4n) is 1.68. The van der Waals surface area contributed by atoms with Crippen molar-refractivity contribution >= 4 is 17.6 Å². The molecule has 0 unspecified atom stereocenters. The molecule has 2 aromatic rings. The number of carbonyl (C=O) groups is 1. The quantitative estimate of drug-likeness (QED) is 0.892. The van der Waals surface area contributed by atoms with Crippen LogP contribution in [-0.2, 0) is 6.42 Å². The van der Waals surface area contributed by atoms with Crippen LogP contribution >= 0.6 is 11.6 Å². The summed E-state index contributed by atoms with van der Waals surface area (Å²) in [5, 5.41) is 19.3. The molecule has 0 fully saturated rings. The number of carboxylic acid groups (broad SMARTS) is 1. The largest absolute Gasteiger partial charge is 0.508 e. The summed E-state index contributed by atoms with van der Waals surface area (Å²) in [5.74, 6) is -0.915. The molecule has 0 bridgehead atoms. The zero-order valence-corrected chi connectivity index (χ0v) is 10.2. The Balaban J connectivity index is 2.30. The molecule has 2 N–H and O–H groups in total. The Kier molecular flexibility index (Phi) is 3.53. The predicted molar refractivity (Wildman–Crippen MR) is 69.3 cm³/mol. The van der Waals surface area contributed by atoms with Crippen LogP contribution in [0.25, 0.3) is 0 Å². The standard InChI is InChI=1S/C14H11ClO3/c15-12-4-1-9(2-5-12)7-11-8-10(14(17)18)3-6-13(11)16/h1-6,8,16H,7H2,(H,17,18). The van der Waals surface area contributed by atoms with Gasteiger partial charge in [-0.25, -0.2) is 4.79 Å². The van der Waals surface area contributed by atoms with Crippen molar-refractivity contribution in [1.82, 2.24) is 0 Å². The van der Waals surface area contributed by atoms with Crippen molar-refractivity contribution in [2.45, 2.75) is 6.42 Å². The van der Waals surface area contributed by atoms with E-state index in [9.17, 15) is 9.90 Å². The molecule has 0 aromatic heterocycles. The molecule has 0 aliphatic heterocycles. The van der Waals surface area contributed by atoms with Gasteiger partial charge in [0.05, 0.1) is 5.56 Å². The second-order valence-corrected chi connectivity index (χ2v) is 4.39. The number of hydrogen-bond donors (Lipinski definition) is 2. The van der Waals surface area contributed by atoms with Gasteiger partial charge in [0.1, 0.15) is 5.75 Å². The molecule has 4 heteroatoms. The summed E-state index contributed by atoms with van der Waals surface area (Å²) in [6.07, 6.45) is 0.462. The van der Waals surface area contributed by atoms with E-state index in [4.69, 9.17) is 16.7 Å². The SMILES string of the molecule is O=C(O)c1ccc(O)c(Cc2ccc(Cl)cc2)c1. The van der Waals surface area contributed by atoms with Crippen molar-refractivity contribution in [1.29, 1.82) is 0 Å². The molecule has 2 aromatic carbocycles. The van der Waals surface area contributed by atoms with E-state index in [2.05, 4.69) is 0 Å². The molecule has 0 atom stereocenters. The van der Waals surface area contributed by atoms with Gasteiger partial charge in [-0.3, -0.25) is 0 Å². The monoisotopic (exact) mass is 262 g/mol. The third kappa shape index (κ3) is 2.81. The van der Waals surface area contributed by atoms with Crippen LogP contribution in [0.15, 0.2) is 42.5 Å². The lowest BCUT2D eigenvalue weighted by molar-refractivity contribution is 0.0697. The number of carboxylic acids is 1. The van der Waals surface area contributed by atoms with E-state index in [0.29, 0.717) is 17.0 Å². The molecule has 0 aliphatic rings. The number of phenols is 1. The highest BCUT2D eigenvalue weighted by Gasteiger charge is 2.08. The highest BCUT2D eigenvalue weighted by molar-refractivity contribution is 6.30. The Bertz CT molecular complexity index is 576. The molecular formula is C14H11ClO3. The molecule has 92 valence electrons. The number of rotatable bonds is 3. The zero-order chi connectivity index (χ0) is 13.1. The van der Waals surface area contributed by atoms with Gasteiger partial charge < -0.3 is 10.2 Å². The first-order valence-corrected chi connectivity index (χ1v) is 5.73. The van der Waals surface area contributed by atoms with E-state index >= 15 is 0 Å². The first-order valence-electron chi connectivity index (χ1n) is 5.36. The highest BCUT2D eigenvalue weighted by Crippen LogP contribution is 2.22. The topological polar surface area (TPSA) is 57.5 Å². The van der Waals surface area contributed by atoms with Crippen LogP contribution in [0.4, 0.5) is 0 Å². The van der Waals surface area contributed by atoms with Gasteiger partial charge in [-0.2, -0.15) is 0 Å². The van der Waals surface area contributed by atoms with E-state index < -0.39 is 5.97 Å². The molecule has 0 saturated carbocycles. The van der Waals surface area contributed by atoms with E-state index in [1.54, 1.807) is 12.1 Å². The van der Waals surface area contributed by atoms with Gasteiger partial charge in [0.15, 0.2) is 0 Å². The van der Waals surface area contributed by atoms with Crippen LogP contribution in [0.5, 0.6) is 5.75 Å². The first-order chi connectivity index (χ1) is 8.56. The summed E-state index contributed by atoms with van der Waals surface area (Å²) in [6.45, 7) is 0. The van der Waals surface area contributed by atoms with Crippen molar-refractivity contribution in [2.75, 3.05) is 0 Å². The van der Waals surface area contributed by atoms with Crippen LogP contribution in [-0.4, -0.2) is 16.2 Å². The normalized spacial score (nSPS) is 10.3. The lowest BCUT2D eigenvalue weighted by Crippen LogP contribution is -1.98. The van der Waals surface area contributed by atoms with Crippen LogP contribution in [0.2, 0.25) is 5.02 Å². The van der Waals surface area contributed by atoms with Crippen LogP contribution in [0, 0.1) is 0 Å². The van der Waals surface area contributed by atoms with Crippen LogP contribution < -0.4 is 0 Å². The molecular weight excluding hydrogens is 252 g/mol. The lowest BCUT2D eigenvalue weighted by atomic mass is 10.0. The Hall–Kier alpha value is -2.00. The second kappa shape index (κ2) is 5.10. The molecule has 2 rings (SSSR count). The predicted octanol–water partition coefficient (Wildman–Crippen LogP) is 3.33. The summed E-state index contributed by atoms with van der Waals surface area (Å²) >= 11 is 5.79. The van der Waals surface area contributed by atoms with E-state index in [1.165, 1.54) is 18.2 Å². The summed E-state index contributed by atoms with van der Waals surface area (Å²) in [4.78, 5) is 10.9. The Labute approximate surface area is 109 Å². The summed E-state index contributed by atoms with van der Waals surface area (Å²) in [5.41, 5.74) is 1.70. The lowest BCUT2D eigenvalue weighted by Gasteiger charge is -2.06. The van der Waals surface area contributed by atoms with Crippen molar-refractivity contribution in [3.8, 4) is 5.75 Å². The Morgan fingerprint density at radius 2 is 1.78 bits per heavy atom. The van der Waals surface area contributed by atoms with Crippen molar-refractivity contribution in [3.63, 3.8) is 0 Å². The van der Waals surface area contributed by atoms with Crippen LogP contribution in [0.3, 0.4) is 0 Å². The molecule has 0 spiro atoms. The van der Waals surface area contributed by atoms with Crippen molar-refractivity contribution < 1.29 is 15.0 Å². The molecule has 0 heterocycles. The second-order valence-electron chi connectivity index (χ2n) is 3.95. The number of aromatic carboxylic acids is 1. The van der Waals surface area contributed by atoms with E-state index in [-0.39, 0.29) is 11.3 Å². The van der Waals surface area contributed by atoms with Gasteiger partial charge >= 0.3 is 5.97 Å². The number of aromatic hydroxyl groups is 1. The van der Waals surface area contributed by atoms with Gasteiger partial charge in [-0.15, -0.1) is 0 Å². The minimum absolute atomic E-state index is 0.0925. The molecule has 0 amide bonds. The fourth-order valence-corrected chi connectivity index (χ4v) is 1.81.